The largest absolute Gasteiger partial charge is 0.484 e. The van der Waals surface area contributed by atoms with E-state index in [9.17, 15) is 22.4 Å². The van der Waals surface area contributed by atoms with Gasteiger partial charge in [-0.15, -0.1) is 0 Å². The molecule has 1 N–H and O–H groups in total. The van der Waals surface area contributed by atoms with Gasteiger partial charge in [-0.3, -0.25) is 4.79 Å². The molecule has 100 valence electrons. The zero-order valence-electron chi connectivity index (χ0n) is 9.13. The molecule has 0 bridgehead atoms. The predicted molar refractivity (Wildman–Crippen MR) is 53.9 cm³/mol. The summed E-state index contributed by atoms with van der Waals surface area (Å²) in [7, 11) is 0. The Bertz CT molecular complexity index is 429. The lowest BCUT2D eigenvalue weighted by molar-refractivity contribution is -0.153. The van der Waals surface area contributed by atoms with E-state index < -0.39 is 24.6 Å². The second-order valence-electron chi connectivity index (χ2n) is 3.55. The summed E-state index contributed by atoms with van der Waals surface area (Å²) in [6.07, 6.45) is -4.89. The van der Waals surface area contributed by atoms with Gasteiger partial charge >= 0.3 is 12.1 Å². The summed E-state index contributed by atoms with van der Waals surface area (Å²) in [6.45, 7) is -1.48. The van der Waals surface area contributed by atoms with Gasteiger partial charge in [-0.05, 0) is 30.2 Å². The molecule has 0 aliphatic heterocycles. The molecule has 0 saturated carbocycles. The molecule has 0 atom stereocenters. The van der Waals surface area contributed by atoms with Crippen LogP contribution < -0.4 is 4.74 Å². The molecule has 0 spiro atoms. The SMILES string of the molecule is O=C(O)CCc1cc(OCC(F)(F)F)ccc1F. The molecule has 0 amide bonds. The number of hydrogen-bond donors (Lipinski definition) is 1. The minimum Gasteiger partial charge on any atom is -0.484 e. The second kappa shape index (κ2) is 5.70. The van der Waals surface area contributed by atoms with Gasteiger partial charge in [0, 0.05) is 6.42 Å². The van der Waals surface area contributed by atoms with Crippen LogP contribution in [-0.2, 0) is 11.2 Å². The fourth-order valence-corrected chi connectivity index (χ4v) is 1.24. The lowest BCUT2D eigenvalue weighted by Gasteiger charge is -2.10. The summed E-state index contributed by atoms with van der Waals surface area (Å²) >= 11 is 0. The van der Waals surface area contributed by atoms with E-state index in [0.717, 1.165) is 18.2 Å². The van der Waals surface area contributed by atoms with Crippen LogP contribution in [0.5, 0.6) is 5.75 Å². The molecule has 0 heterocycles. The van der Waals surface area contributed by atoms with Crippen LogP contribution >= 0.6 is 0 Å². The average Bonchev–Trinajstić information content (AvgIpc) is 2.25. The van der Waals surface area contributed by atoms with Gasteiger partial charge in [-0.25, -0.2) is 4.39 Å². The Balaban J connectivity index is 2.71. The van der Waals surface area contributed by atoms with E-state index in [-0.39, 0.29) is 24.2 Å². The van der Waals surface area contributed by atoms with E-state index in [1.807, 2.05) is 0 Å². The highest BCUT2D eigenvalue weighted by Crippen LogP contribution is 2.21. The van der Waals surface area contributed by atoms with Crippen LogP contribution in [0.1, 0.15) is 12.0 Å². The van der Waals surface area contributed by atoms with Crippen molar-refractivity contribution < 1.29 is 32.2 Å². The standard InChI is InChI=1S/C11H10F4O3/c12-9-3-2-8(18-6-11(13,14)15)5-7(9)1-4-10(16)17/h2-3,5H,1,4,6H2,(H,16,17). The van der Waals surface area contributed by atoms with Gasteiger partial charge in [0.05, 0.1) is 0 Å². The molecule has 18 heavy (non-hydrogen) atoms. The summed E-state index contributed by atoms with van der Waals surface area (Å²) in [6, 6.07) is 3.08. The molecule has 0 aliphatic carbocycles. The third kappa shape index (κ3) is 5.03. The number of carboxylic acid groups (broad SMARTS) is 1. The maximum atomic E-state index is 13.2. The Morgan fingerprint density at radius 2 is 2.00 bits per heavy atom. The van der Waals surface area contributed by atoms with Crippen molar-refractivity contribution in [1.29, 1.82) is 0 Å². The minimum atomic E-state index is -4.48. The third-order valence-electron chi connectivity index (χ3n) is 2.03. The van der Waals surface area contributed by atoms with E-state index in [0.29, 0.717) is 0 Å². The molecule has 1 rings (SSSR count). The van der Waals surface area contributed by atoms with Crippen LogP contribution in [0.4, 0.5) is 17.6 Å². The number of aryl methyl sites for hydroxylation is 1. The predicted octanol–water partition coefficient (Wildman–Crippen LogP) is 2.78. The van der Waals surface area contributed by atoms with E-state index in [1.54, 1.807) is 0 Å². The zero-order valence-corrected chi connectivity index (χ0v) is 9.13. The molecule has 0 aliphatic rings. The summed E-state index contributed by atoms with van der Waals surface area (Å²) in [5.41, 5.74) is 0.0112. The van der Waals surface area contributed by atoms with E-state index in [4.69, 9.17) is 5.11 Å². The van der Waals surface area contributed by atoms with E-state index in [1.165, 1.54) is 0 Å². The number of carbonyl (C=O) groups is 1. The van der Waals surface area contributed by atoms with Gasteiger partial charge in [0.25, 0.3) is 0 Å². The van der Waals surface area contributed by atoms with Crippen molar-refractivity contribution in [2.75, 3.05) is 6.61 Å². The third-order valence-corrected chi connectivity index (χ3v) is 2.03. The summed E-state index contributed by atoms with van der Waals surface area (Å²) in [5.74, 6) is -1.93. The normalized spacial score (nSPS) is 11.3. The van der Waals surface area contributed by atoms with Gasteiger partial charge in [0.1, 0.15) is 11.6 Å². The smallest absolute Gasteiger partial charge is 0.422 e. The number of benzene rings is 1. The summed E-state index contributed by atoms with van der Waals surface area (Å²) in [4.78, 5) is 10.3. The number of alkyl halides is 3. The van der Waals surface area contributed by atoms with Crippen LogP contribution in [-0.4, -0.2) is 23.9 Å². The molecular weight excluding hydrogens is 256 g/mol. The van der Waals surface area contributed by atoms with Crippen molar-refractivity contribution in [2.45, 2.75) is 19.0 Å². The molecule has 0 fully saturated rings. The Kier molecular flexibility index (Phi) is 4.52. The van der Waals surface area contributed by atoms with Gasteiger partial charge in [0.15, 0.2) is 6.61 Å². The Morgan fingerprint density at radius 1 is 1.33 bits per heavy atom. The van der Waals surface area contributed by atoms with Crippen LogP contribution in [0.3, 0.4) is 0 Å². The highest BCUT2D eigenvalue weighted by atomic mass is 19.4. The van der Waals surface area contributed by atoms with Crippen molar-refractivity contribution in [1.82, 2.24) is 0 Å². The molecule has 1 aromatic carbocycles. The van der Waals surface area contributed by atoms with Crippen molar-refractivity contribution in [3.05, 3.63) is 29.6 Å². The van der Waals surface area contributed by atoms with Crippen LogP contribution in [0.25, 0.3) is 0 Å². The minimum absolute atomic E-state index is 0.0112. The fraction of sp³-hybridized carbons (Fsp3) is 0.364. The Hall–Kier alpha value is -1.79. The first-order valence-corrected chi connectivity index (χ1v) is 4.98. The molecule has 3 nitrogen and oxygen atoms in total. The number of hydrogen-bond acceptors (Lipinski definition) is 2. The molecule has 1 aromatic rings. The van der Waals surface area contributed by atoms with Gasteiger partial charge in [-0.1, -0.05) is 0 Å². The van der Waals surface area contributed by atoms with Crippen LogP contribution in [0, 0.1) is 5.82 Å². The van der Waals surface area contributed by atoms with Crippen LogP contribution in [0.2, 0.25) is 0 Å². The van der Waals surface area contributed by atoms with E-state index in [2.05, 4.69) is 4.74 Å². The van der Waals surface area contributed by atoms with Crippen molar-refractivity contribution in [2.24, 2.45) is 0 Å². The average molecular weight is 266 g/mol. The quantitative estimate of drug-likeness (QED) is 0.833. The van der Waals surface area contributed by atoms with E-state index >= 15 is 0 Å². The number of halogens is 4. The Morgan fingerprint density at radius 3 is 2.56 bits per heavy atom. The molecule has 0 radical (unpaired) electrons. The lowest BCUT2D eigenvalue weighted by Crippen LogP contribution is -2.19. The first-order chi connectivity index (χ1) is 8.28. The van der Waals surface area contributed by atoms with Gasteiger partial charge in [-0.2, -0.15) is 13.2 Å². The highest BCUT2D eigenvalue weighted by Gasteiger charge is 2.28. The first-order valence-electron chi connectivity index (χ1n) is 4.98. The second-order valence-corrected chi connectivity index (χ2v) is 3.55. The molecule has 0 saturated heterocycles. The molecule has 0 unspecified atom stereocenters. The number of rotatable bonds is 5. The topological polar surface area (TPSA) is 46.5 Å². The maximum Gasteiger partial charge on any atom is 0.422 e. The Labute approximate surface area is 100.0 Å². The number of carboxylic acids is 1. The highest BCUT2D eigenvalue weighted by molar-refractivity contribution is 5.67. The fourth-order valence-electron chi connectivity index (χ4n) is 1.24. The molecule has 0 aromatic heterocycles. The monoisotopic (exact) mass is 266 g/mol. The molecular formula is C11H10F4O3. The van der Waals surface area contributed by atoms with Crippen LogP contribution in [0.15, 0.2) is 18.2 Å². The summed E-state index contributed by atoms with van der Waals surface area (Å²) < 4.78 is 53.4. The number of aliphatic carboxylic acids is 1. The molecule has 7 heteroatoms. The van der Waals surface area contributed by atoms with Gasteiger partial charge in [0.2, 0.25) is 0 Å². The van der Waals surface area contributed by atoms with Gasteiger partial charge < -0.3 is 9.84 Å². The maximum absolute atomic E-state index is 13.2. The van der Waals surface area contributed by atoms with Crippen molar-refractivity contribution in [3.63, 3.8) is 0 Å². The number of ether oxygens (including phenoxy) is 1. The first kappa shape index (κ1) is 14.3. The zero-order chi connectivity index (χ0) is 13.8. The van der Waals surface area contributed by atoms with Crippen molar-refractivity contribution in [3.8, 4) is 5.75 Å². The van der Waals surface area contributed by atoms with Crippen molar-refractivity contribution >= 4 is 5.97 Å². The summed E-state index contributed by atoms with van der Waals surface area (Å²) in [5, 5.41) is 8.44. The lowest BCUT2D eigenvalue weighted by atomic mass is 10.1.